The number of benzene rings is 2. The van der Waals surface area contributed by atoms with Crippen molar-refractivity contribution in [3.8, 4) is 23.0 Å². The van der Waals surface area contributed by atoms with Gasteiger partial charge in [-0.1, -0.05) is 13.0 Å². The molecule has 3 fully saturated rings. The average Bonchev–Trinajstić information content (AvgIpc) is 3.84. The molecule has 0 unspecified atom stereocenters. The average molecular weight is 673 g/mol. The summed E-state index contributed by atoms with van der Waals surface area (Å²) in [6.07, 6.45) is 7.54. The van der Waals surface area contributed by atoms with E-state index >= 15 is 4.39 Å². The van der Waals surface area contributed by atoms with E-state index in [1.54, 1.807) is 23.4 Å². The van der Waals surface area contributed by atoms with E-state index in [2.05, 4.69) is 19.9 Å². The summed E-state index contributed by atoms with van der Waals surface area (Å²) in [7, 11) is 0. The Bertz CT molecular complexity index is 2070. The van der Waals surface area contributed by atoms with Gasteiger partial charge in [0.05, 0.1) is 10.9 Å². The van der Waals surface area contributed by atoms with Gasteiger partial charge in [-0.25, -0.2) is 22.9 Å². The van der Waals surface area contributed by atoms with Crippen LogP contribution in [0.2, 0.25) is 0 Å². The second-order valence-corrected chi connectivity index (χ2v) is 13.1. The number of nitrogens with zero attached hydrogens (tertiary/aromatic N) is 8. The largest absolute Gasteiger partial charge is 0.508 e. The number of hydrogen-bond acceptors (Lipinski definition) is 9. The third-order valence-corrected chi connectivity index (χ3v) is 10.2. The van der Waals surface area contributed by atoms with Crippen LogP contribution in [0.3, 0.4) is 0 Å². The van der Waals surface area contributed by atoms with E-state index in [-0.39, 0.29) is 41.2 Å². The molecule has 254 valence electrons. The van der Waals surface area contributed by atoms with Crippen LogP contribution in [-0.4, -0.2) is 103 Å². The predicted octanol–water partition coefficient (Wildman–Crippen LogP) is 5.33. The third-order valence-electron chi connectivity index (χ3n) is 10.2. The van der Waals surface area contributed by atoms with Crippen molar-refractivity contribution in [3.63, 3.8) is 0 Å². The summed E-state index contributed by atoms with van der Waals surface area (Å²) in [4.78, 5) is 36.5. The molecule has 0 aliphatic carbocycles. The van der Waals surface area contributed by atoms with Crippen molar-refractivity contribution in [3.05, 3.63) is 66.4 Å². The number of fused-ring (bicyclic) bond motifs is 3. The van der Waals surface area contributed by atoms with E-state index in [1.165, 1.54) is 35.3 Å². The van der Waals surface area contributed by atoms with E-state index in [0.717, 1.165) is 19.4 Å². The Hall–Kier alpha value is -4.98. The summed E-state index contributed by atoms with van der Waals surface area (Å²) >= 11 is 0. The number of aromatic hydroxyl groups is 1. The van der Waals surface area contributed by atoms with Crippen molar-refractivity contribution < 1.29 is 27.8 Å². The van der Waals surface area contributed by atoms with Gasteiger partial charge < -0.3 is 19.6 Å². The zero-order chi connectivity index (χ0) is 33.9. The van der Waals surface area contributed by atoms with Gasteiger partial charge in [0.15, 0.2) is 5.82 Å². The smallest absolute Gasteiger partial charge is 0.329 e. The van der Waals surface area contributed by atoms with Crippen molar-refractivity contribution in [2.45, 2.75) is 44.3 Å². The summed E-state index contributed by atoms with van der Waals surface area (Å²) in [5, 5.41) is 11.9. The normalized spacial score (nSPS) is 21.2. The topological polar surface area (TPSA) is 113 Å². The van der Waals surface area contributed by atoms with Gasteiger partial charge in [-0.2, -0.15) is 9.97 Å². The van der Waals surface area contributed by atoms with Gasteiger partial charge in [0.25, 0.3) is 0 Å². The molecule has 6 heterocycles. The molecule has 5 aromatic rings. The number of amides is 1. The lowest BCUT2D eigenvalue weighted by atomic mass is 9.94. The minimum atomic E-state index is -0.945. The first-order valence-corrected chi connectivity index (χ1v) is 16.6. The minimum Gasteiger partial charge on any atom is -0.508 e. The van der Waals surface area contributed by atoms with E-state index < -0.39 is 23.3 Å². The number of carbonyl (C=O) groups excluding carboxylic acids is 1. The zero-order valence-electron chi connectivity index (χ0n) is 26.9. The van der Waals surface area contributed by atoms with Crippen LogP contribution in [-0.2, 0) is 6.42 Å². The Labute approximate surface area is 280 Å². The summed E-state index contributed by atoms with van der Waals surface area (Å²) < 4.78 is 54.0. The lowest BCUT2D eigenvalue weighted by Gasteiger charge is -2.35. The van der Waals surface area contributed by atoms with Gasteiger partial charge in [-0.15, -0.1) is 0 Å². The number of imidazole rings is 1. The van der Waals surface area contributed by atoms with Gasteiger partial charge in [0, 0.05) is 63.3 Å². The minimum absolute atomic E-state index is 0.0524. The molecule has 0 saturated carbocycles. The van der Waals surface area contributed by atoms with Crippen molar-refractivity contribution in [1.29, 1.82) is 0 Å². The molecule has 11 nitrogen and oxygen atoms in total. The molecule has 2 aromatic carbocycles. The first-order valence-electron chi connectivity index (χ1n) is 16.6. The van der Waals surface area contributed by atoms with Crippen molar-refractivity contribution in [1.82, 2.24) is 34.3 Å². The summed E-state index contributed by atoms with van der Waals surface area (Å²) in [5.74, 6) is -0.930. The fourth-order valence-electron chi connectivity index (χ4n) is 7.84. The van der Waals surface area contributed by atoms with Gasteiger partial charge >= 0.3 is 12.0 Å². The number of alkyl halides is 1. The van der Waals surface area contributed by atoms with Crippen LogP contribution in [0.4, 0.5) is 23.8 Å². The summed E-state index contributed by atoms with van der Waals surface area (Å²) in [5.41, 5.74) is -0.00626. The van der Waals surface area contributed by atoms with Gasteiger partial charge in [-0.3, -0.25) is 14.5 Å². The molecule has 1 N–H and O–H groups in total. The number of carbonyl (C=O) groups is 1. The van der Waals surface area contributed by atoms with Gasteiger partial charge in [0.1, 0.15) is 47.7 Å². The maximum absolute atomic E-state index is 16.9. The molecule has 3 aliphatic rings. The van der Waals surface area contributed by atoms with Crippen LogP contribution in [0.5, 0.6) is 11.8 Å². The van der Waals surface area contributed by atoms with Gasteiger partial charge in [0.2, 0.25) is 0 Å². The number of piperazine rings is 1. The first kappa shape index (κ1) is 31.3. The fraction of sp³-hybridized carbons (Fsp3) is 0.400. The molecule has 3 saturated heterocycles. The Balaban J connectivity index is 1.21. The zero-order valence-corrected chi connectivity index (χ0v) is 26.9. The lowest BCUT2D eigenvalue weighted by Crippen LogP contribution is -2.50. The number of hydrogen-bond donors (Lipinski definition) is 1. The van der Waals surface area contributed by atoms with E-state index in [1.807, 2.05) is 11.8 Å². The van der Waals surface area contributed by atoms with Crippen molar-refractivity contribution in [2.24, 2.45) is 0 Å². The SMILES string of the molecule is CCc1c(F)ccc2cc(O)cc(-c3ncc4c(N5CCN(C(=O)n6ccnc6)CC5)nc(OC[C@@]56CCCN5C[C@H](F)C6)nc4c3F)c12. The number of phenols is 1. The lowest BCUT2D eigenvalue weighted by molar-refractivity contribution is 0.107. The second-order valence-electron chi connectivity index (χ2n) is 13.1. The molecule has 49 heavy (non-hydrogen) atoms. The highest BCUT2D eigenvalue weighted by atomic mass is 19.1. The molecule has 3 aliphatic heterocycles. The second kappa shape index (κ2) is 12.2. The highest BCUT2D eigenvalue weighted by molar-refractivity contribution is 6.01. The van der Waals surface area contributed by atoms with E-state index in [0.29, 0.717) is 73.1 Å². The highest BCUT2D eigenvalue weighted by Crippen LogP contribution is 2.42. The van der Waals surface area contributed by atoms with Crippen LogP contribution in [0.25, 0.3) is 32.9 Å². The third kappa shape index (κ3) is 5.38. The number of ether oxygens (including phenoxy) is 1. The number of phenolic OH excluding ortho intramolecular Hbond substituents is 1. The van der Waals surface area contributed by atoms with Crippen LogP contribution >= 0.6 is 0 Å². The number of aryl methyl sites for hydroxylation is 1. The maximum Gasteiger partial charge on any atom is 0.329 e. The summed E-state index contributed by atoms with van der Waals surface area (Å²) in [6.45, 7) is 4.66. The predicted molar refractivity (Wildman–Crippen MR) is 177 cm³/mol. The van der Waals surface area contributed by atoms with E-state index in [9.17, 15) is 18.7 Å². The molecule has 3 aromatic heterocycles. The van der Waals surface area contributed by atoms with Crippen molar-refractivity contribution in [2.75, 3.05) is 50.8 Å². The van der Waals surface area contributed by atoms with Crippen molar-refractivity contribution >= 4 is 33.5 Å². The first-order chi connectivity index (χ1) is 23.7. The molecule has 2 atom stereocenters. The Morgan fingerprint density at radius 1 is 1.12 bits per heavy atom. The molecule has 0 spiro atoms. The molecule has 1 amide bonds. The number of halogens is 3. The molecule has 0 bridgehead atoms. The Kier molecular flexibility index (Phi) is 7.77. The number of aromatic nitrogens is 5. The maximum atomic E-state index is 16.9. The fourth-order valence-corrected chi connectivity index (χ4v) is 7.84. The number of anilines is 1. The van der Waals surface area contributed by atoms with E-state index in [4.69, 9.17) is 9.72 Å². The quantitative estimate of drug-likeness (QED) is 0.256. The van der Waals surface area contributed by atoms with Crippen LogP contribution in [0.1, 0.15) is 31.7 Å². The molecular weight excluding hydrogens is 637 g/mol. The van der Waals surface area contributed by atoms with Crippen LogP contribution in [0.15, 0.2) is 49.2 Å². The van der Waals surface area contributed by atoms with Crippen LogP contribution < -0.4 is 9.64 Å². The Morgan fingerprint density at radius 2 is 1.96 bits per heavy atom. The molecule has 0 radical (unpaired) electrons. The molecule has 8 rings (SSSR count). The molecular formula is C35H35F3N8O3. The summed E-state index contributed by atoms with van der Waals surface area (Å²) in [6, 6.07) is 5.52. The standard InChI is InChI=1S/C35H35F3N8O3/c1-2-24-27(37)5-4-21-14-23(47)15-25(28(21)24)30-29(38)31-26(17-40-30)32(43-10-12-44(13-11-43)34(48)45-9-7-39-20-45)42-33(41-31)49-19-35-6-3-8-46(35)18-22(36)16-35/h4-5,7,9,14-15,17,20,22,47H,2-3,6,8,10-13,16,18-19H2,1H3/t22-,35+/m1/s1. The highest BCUT2D eigenvalue weighted by Gasteiger charge is 2.49. The molecule has 14 heteroatoms. The number of pyridine rings is 1. The Morgan fingerprint density at radius 3 is 2.73 bits per heavy atom. The van der Waals surface area contributed by atoms with Gasteiger partial charge in [-0.05, 0) is 60.3 Å². The van der Waals surface area contributed by atoms with Crippen LogP contribution in [0, 0.1) is 11.6 Å². The monoisotopic (exact) mass is 672 g/mol. The number of rotatable bonds is 6.